The van der Waals surface area contributed by atoms with Crippen LogP contribution in [0.5, 0.6) is 0 Å². The number of anilines is 1. The van der Waals surface area contributed by atoms with Gasteiger partial charge in [0.05, 0.1) is 11.8 Å². The fraction of sp³-hybridized carbons (Fsp3) is 0.385. The second kappa shape index (κ2) is 11.3. The monoisotopic (exact) mass is 479 g/mol. The van der Waals surface area contributed by atoms with Crippen LogP contribution in [0.15, 0.2) is 47.6 Å². The largest absolute Gasteiger partial charge is 0.342 e. The van der Waals surface area contributed by atoms with E-state index in [-0.39, 0.29) is 29.5 Å². The smallest absolute Gasteiger partial charge is 0.251 e. The molecule has 0 unspecified atom stereocenters. The molecular weight excluding hydrogens is 446 g/mol. The predicted molar refractivity (Wildman–Crippen MR) is 137 cm³/mol. The van der Waals surface area contributed by atoms with Crippen LogP contribution in [0.2, 0.25) is 0 Å². The van der Waals surface area contributed by atoms with Crippen LogP contribution in [-0.2, 0) is 11.3 Å². The van der Waals surface area contributed by atoms with Gasteiger partial charge in [0.2, 0.25) is 5.91 Å². The molecule has 0 saturated carbocycles. The van der Waals surface area contributed by atoms with Gasteiger partial charge in [0.25, 0.3) is 5.91 Å². The summed E-state index contributed by atoms with van der Waals surface area (Å²) < 4.78 is 1.97. The van der Waals surface area contributed by atoms with Crippen molar-refractivity contribution in [2.45, 2.75) is 59.3 Å². The molecule has 2 aromatic carbocycles. The first-order chi connectivity index (χ1) is 16.2. The molecule has 3 aromatic rings. The quantitative estimate of drug-likeness (QED) is 0.418. The van der Waals surface area contributed by atoms with E-state index in [0.717, 1.165) is 22.4 Å². The molecule has 0 saturated heterocycles. The van der Waals surface area contributed by atoms with Crippen molar-refractivity contribution in [2.24, 2.45) is 5.92 Å². The highest BCUT2D eigenvalue weighted by Gasteiger charge is 2.26. The average Bonchev–Trinajstić information content (AvgIpc) is 3.17. The topological polar surface area (TPSA) is 88.9 Å². The molecule has 8 heteroatoms. The molecule has 0 radical (unpaired) electrons. The number of benzene rings is 2. The van der Waals surface area contributed by atoms with Gasteiger partial charge in [-0.05, 0) is 69.0 Å². The lowest BCUT2D eigenvalue weighted by atomic mass is 10.0. The zero-order valence-corrected chi connectivity index (χ0v) is 21.5. The van der Waals surface area contributed by atoms with E-state index in [1.165, 1.54) is 11.8 Å². The molecule has 0 spiro atoms. The highest BCUT2D eigenvalue weighted by Crippen LogP contribution is 2.26. The van der Waals surface area contributed by atoms with Crippen molar-refractivity contribution < 1.29 is 9.59 Å². The average molecular weight is 480 g/mol. The zero-order chi connectivity index (χ0) is 24.8. The van der Waals surface area contributed by atoms with Crippen molar-refractivity contribution in [2.75, 3.05) is 11.1 Å². The lowest BCUT2D eigenvalue weighted by molar-refractivity contribution is -0.113. The van der Waals surface area contributed by atoms with Crippen LogP contribution in [0.25, 0.3) is 0 Å². The number of carbonyl (C=O) groups is 2. The van der Waals surface area contributed by atoms with E-state index in [4.69, 9.17) is 0 Å². The molecule has 180 valence electrons. The second-order valence-electron chi connectivity index (χ2n) is 8.86. The van der Waals surface area contributed by atoms with Gasteiger partial charge in [0.15, 0.2) is 11.0 Å². The molecular formula is C26H33N5O2S. The third-order valence-electron chi connectivity index (χ3n) is 5.44. The van der Waals surface area contributed by atoms with Crippen molar-refractivity contribution in [3.8, 4) is 0 Å². The predicted octanol–water partition coefficient (Wildman–Crippen LogP) is 5.08. The minimum Gasteiger partial charge on any atom is -0.342 e. The molecule has 7 nitrogen and oxygen atoms in total. The fourth-order valence-electron chi connectivity index (χ4n) is 3.77. The molecule has 0 aliphatic heterocycles. The Balaban J connectivity index is 1.71. The van der Waals surface area contributed by atoms with E-state index in [1.54, 1.807) is 0 Å². The van der Waals surface area contributed by atoms with Crippen LogP contribution in [0.3, 0.4) is 0 Å². The number of aromatic nitrogens is 3. The summed E-state index contributed by atoms with van der Waals surface area (Å²) in [6.07, 6.45) is 0. The highest BCUT2D eigenvalue weighted by atomic mass is 32.2. The minimum atomic E-state index is -0.306. The number of hydrogen-bond acceptors (Lipinski definition) is 5. The van der Waals surface area contributed by atoms with Crippen LogP contribution < -0.4 is 10.6 Å². The minimum absolute atomic E-state index is 0.102. The molecule has 0 aliphatic rings. The van der Waals surface area contributed by atoms with Gasteiger partial charge in [-0.1, -0.05) is 49.4 Å². The van der Waals surface area contributed by atoms with Crippen LogP contribution in [0.1, 0.15) is 59.7 Å². The Hall–Kier alpha value is -3.13. The van der Waals surface area contributed by atoms with Crippen molar-refractivity contribution >= 4 is 29.3 Å². The number of aryl methyl sites for hydroxylation is 3. The molecule has 1 aromatic heterocycles. The Labute approximate surface area is 205 Å². The number of rotatable bonds is 9. The molecule has 34 heavy (non-hydrogen) atoms. The molecule has 2 amide bonds. The van der Waals surface area contributed by atoms with E-state index in [0.29, 0.717) is 23.1 Å². The number of hydrogen-bond donors (Lipinski definition) is 2. The van der Waals surface area contributed by atoms with Crippen molar-refractivity contribution in [3.63, 3.8) is 0 Å². The first kappa shape index (κ1) is 25.5. The molecule has 0 fully saturated rings. The summed E-state index contributed by atoms with van der Waals surface area (Å²) in [5.41, 5.74) is 4.71. The number of amides is 2. The lowest BCUT2D eigenvalue weighted by Gasteiger charge is -2.22. The third kappa shape index (κ3) is 6.47. The van der Waals surface area contributed by atoms with Gasteiger partial charge in [0.1, 0.15) is 0 Å². The van der Waals surface area contributed by atoms with Crippen LogP contribution >= 0.6 is 11.8 Å². The van der Waals surface area contributed by atoms with E-state index >= 15 is 0 Å². The Morgan fingerprint density at radius 3 is 2.21 bits per heavy atom. The zero-order valence-electron chi connectivity index (χ0n) is 20.7. The molecule has 1 heterocycles. The van der Waals surface area contributed by atoms with Crippen LogP contribution in [-0.4, -0.2) is 32.3 Å². The fourth-order valence-corrected chi connectivity index (χ4v) is 4.58. The molecule has 2 N–H and O–H groups in total. The highest BCUT2D eigenvalue weighted by molar-refractivity contribution is 7.99. The van der Waals surface area contributed by atoms with Gasteiger partial charge in [-0.25, -0.2) is 0 Å². The van der Waals surface area contributed by atoms with Crippen molar-refractivity contribution in [3.05, 3.63) is 70.5 Å². The van der Waals surface area contributed by atoms with Gasteiger partial charge in [-0.2, -0.15) is 0 Å². The van der Waals surface area contributed by atoms with E-state index in [1.807, 2.05) is 82.5 Å². The van der Waals surface area contributed by atoms with Gasteiger partial charge in [-0.3, -0.25) is 9.59 Å². The summed E-state index contributed by atoms with van der Waals surface area (Å²) in [4.78, 5) is 25.4. The van der Waals surface area contributed by atoms with Crippen molar-refractivity contribution in [1.29, 1.82) is 0 Å². The Morgan fingerprint density at radius 2 is 1.62 bits per heavy atom. The first-order valence-electron chi connectivity index (χ1n) is 11.5. The molecule has 0 aliphatic carbocycles. The first-order valence-corrected chi connectivity index (χ1v) is 12.5. The van der Waals surface area contributed by atoms with E-state index < -0.39 is 0 Å². The maximum Gasteiger partial charge on any atom is 0.251 e. The maximum absolute atomic E-state index is 12.9. The standard InChI is InChI=1S/C26H33N5O2S/c1-7-31-24(23(16(2)3)28-25(33)20-10-8-17(4)9-11-20)29-30-26(31)34-15-22(32)27-21-13-18(5)12-19(6)14-21/h8-14,16,23H,7,15H2,1-6H3,(H,27,32)(H,28,33)/t23-/m0/s1. The van der Waals surface area contributed by atoms with Crippen molar-refractivity contribution in [1.82, 2.24) is 20.1 Å². The third-order valence-corrected chi connectivity index (χ3v) is 6.41. The lowest BCUT2D eigenvalue weighted by Crippen LogP contribution is -2.33. The summed E-state index contributed by atoms with van der Waals surface area (Å²) in [5.74, 6) is 0.763. The second-order valence-corrected chi connectivity index (χ2v) is 9.80. The molecule has 3 rings (SSSR count). The van der Waals surface area contributed by atoms with Gasteiger partial charge in [-0.15, -0.1) is 10.2 Å². The normalized spacial score (nSPS) is 12.0. The van der Waals surface area contributed by atoms with Crippen LogP contribution in [0, 0.1) is 26.7 Å². The summed E-state index contributed by atoms with van der Waals surface area (Å²) in [6.45, 7) is 12.7. The van der Waals surface area contributed by atoms with Gasteiger partial charge < -0.3 is 15.2 Å². The Morgan fingerprint density at radius 1 is 0.971 bits per heavy atom. The Kier molecular flexibility index (Phi) is 8.50. The SMILES string of the molecule is CCn1c(SCC(=O)Nc2cc(C)cc(C)c2)nnc1[C@@H](NC(=O)c1ccc(C)cc1)C(C)C. The number of nitrogens with zero attached hydrogens (tertiary/aromatic N) is 3. The molecule has 1 atom stereocenters. The molecule has 0 bridgehead atoms. The van der Waals surface area contributed by atoms with Gasteiger partial charge >= 0.3 is 0 Å². The number of carbonyl (C=O) groups excluding carboxylic acids is 2. The summed E-state index contributed by atoms with van der Waals surface area (Å²) in [5, 5.41) is 15.5. The van der Waals surface area contributed by atoms with E-state index in [2.05, 4.69) is 26.9 Å². The van der Waals surface area contributed by atoms with Crippen LogP contribution in [0.4, 0.5) is 5.69 Å². The summed E-state index contributed by atoms with van der Waals surface area (Å²) in [6, 6.07) is 13.2. The summed E-state index contributed by atoms with van der Waals surface area (Å²) >= 11 is 1.34. The number of nitrogens with one attached hydrogen (secondary N) is 2. The maximum atomic E-state index is 12.9. The number of thioether (sulfide) groups is 1. The van der Waals surface area contributed by atoms with E-state index in [9.17, 15) is 9.59 Å². The summed E-state index contributed by atoms with van der Waals surface area (Å²) in [7, 11) is 0. The van der Waals surface area contributed by atoms with Gasteiger partial charge in [0, 0.05) is 17.8 Å². The Bertz CT molecular complexity index is 1130.